The standard InChI is InChI=1S/C12H20O3.C10H14O3.C9H14O.CH4/c1-8(13)15-7-12-10-4-3-9(5-10)11(12)6-14-2;11-10-12-4-8-6-1-2-7(3-6)9(8)5-13-10;1-2-7-3-6(1)8-4-10-5-9(7)8;/h9-12H,3-7H2,1-2H3;6-9H,1-5H2;6-9H,1-5H2;1H4/t9-,10+,11+,12-;6-,7+,8+,9-;6-,7+,8?,9?;/m0.../s1. The van der Waals surface area contributed by atoms with Crippen LogP contribution in [0.3, 0.4) is 0 Å². The second-order valence-corrected chi connectivity index (χ2v) is 13.7. The zero-order chi connectivity index (χ0) is 26.2. The SMILES string of the molecule is C.C1OCC2C1[C@@H]1CC[C@H]2C1.COC[C@@H]1[C@H]2CC[C@H](C2)[C@@H]1COC(C)=O.O=C1OC[C@@H]2[C@H]3CC[C@H](C3)[C@@H]2CO1. The van der Waals surface area contributed by atoms with Gasteiger partial charge in [-0.3, -0.25) is 4.79 Å². The second-order valence-electron chi connectivity index (χ2n) is 13.7. The molecule has 6 saturated carbocycles. The highest BCUT2D eigenvalue weighted by Crippen LogP contribution is 2.55. The molecule has 39 heavy (non-hydrogen) atoms. The van der Waals surface area contributed by atoms with Crippen molar-refractivity contribution in [3.05, 3.63) is 0 Å². The van der Waals surface area contributed by atoms with Crippen molar-refractivity contribution in [2.75, 3.05) is 46.8 Å². The normalized spacial score (nSPS) is 45.4. The van der Waals surface area contributed by atoms with Gasteiger partial charge in [0.25, 0.3) is 0 Å². The molecule has 7 nitrogen and oxygen atoms in total. The number of esters is 1. The second kappa shape index (κ2) is 12.7. The molecule has 0 amide bonds. The Morgan fingerprint density at radius 2 is 1.10 bits per heavy atom. The third kappa shape index (κ3) is 6.00. The third-order valence-corrected chi connectivity index (χ3v) is 12.1. The zero-order valence-corrected chi connectivity index (χ0v) is 23.4. The van der Waals surface area contributed by atoms with Crippen LogP contribution < -0.4 is 0 Å². The highest BCUT2D eigenvalue weighted by atomic mass is 16.7. The van der Waals surface area contributed by atoms with Gasteiger partial charge in [-0.05, 0) is 111 Å². The Balaban J connectivity index is 0.000000119. The van der Waals surface area contributed by atoms with E-state index in [0.717, 1.165) is 67.2 Å². The van der Waals surface area contributed by atoms with Gasteiger partial charge < -0.3 is 23.7 Å². The van der Waals surface area contributed by atoms with Crippen LogP contribution in [0.5, 0.6) is 0 Å². The molecule has 0 N–H and O–H groups in total. The lowest BCUT2D eigenvalue weighted by Crippen LogP contribution is -2.30. The lowest BCUT2D eigenvalue weighted by molar-refractivity contribution is -0.143. The molecule has 6 bridgehead atoms. The average molecular weight is 549 g/mol. The summed E-state index contributed by atoms with van der Waals surface area (Å²) in [5.41, 5.74) is 0. The van der Waals surface area contributed by atoms with Crippen molar-refractivity contribution in [3.63, 3.8) is 0 Å². The Bertz CT molecular complexity index is 808. The van der Waals surface area contributed by atoms with Gasteiger partial charge in [-0.1, -0.05) is 7.43 Å². The first-order valence-electron chi connectivity index (χ1n) is 15.5. The fourth-order valence-electron chi connectivity index (χ4n) is 10.3. The monoisotopic (exact) mass is 548 g/mol. The smallest absolute Gasteiger partial charge is 0.466 e. The summed E-state index contributed by atoms with van der Waals surface area (Å²) in [7, 11) is 1.76. The Morgan fingerprint density at radius 1 is 0.692 bits per heavy atom. The first-order chi connectivity index (χ1) is 18.5. The van der Waals surface area contributed by atoms with Gasteiger partial charge in [-0.25, -0.2) is 4.79 Å². The van der Waals surface area contributed by atoms with Gasteiger partial charge in [0.05, 0.1) is 33.0 Å². The number of cyclic esters (lactones) is 2. The van der Waals surface area contributed by atoms with Crippen LogP contribution in [0, 0.1) is 71.0 Å². The van der Waals surface area contributed by atoms with Gasteiger partial charge in [-0.15, -0.1) is 0 Å². The summed E-state index contributed by atoms with van der Waals surface area (Å²) in [5.74, 6) is 9.52. The van der Waals surface area contributed by atoms with E-state index in [9.17, 15) is 9.59 Å². The average Bonchev–Trinajstić information content (AvgIpc) is 3.74. The molecular formula is C32H52O7. The van der Waals surface area contributed by atoms with E-state index >= 15 is 0 Å². The predicted octanol–water partition coefficient (Wildman–Crippen LogP) is 5.99. The van der Waals surface area contributed by atoms with Crippen LogP contribution in [0.4, 0.5) is 4.79 Å². The van der Waals surface area contributed by atoms with Gasteiger partial charge in [0, 0.05) is 38.4 Å². The van der Waals surface area contributed by atoms with Gasteiger partial charge in [0.2, 0.25) is 0 Å². The molecule has 8 aliphatic rings. The van der Waals surface area contributed by atoms with Crippen molar-refractivity contribution < 1.29 is 33.3 Å². The van der Waals surface area contributed by atoms with E-state index in [0.29, 0.717) is 43.5 Å². The Morgan fingerprint density at radius 3 is 1.56 bits per heavy atom. The third-order valence-electron chi connectivity index (χ3n) is 12.1. The summed E-state index contributed by atoms with van der Waals surface area (Å²) in [6.45, 7) is 6.29. The molecule has 6 aliphatic carbocycles. The highest BCUT2D eigenvalue weighted by molar-refractivity contribution is 5.65. The van der Waals surface area contributed by atoms with Crippen LogP contribution in [-0.4, -0.2) is 58.9 Å². The zero-order valence-electron chi connectivity index (χ0n) is 23.4. The molecule has 0 aromatic rings. The maximum Gasteiger partial charge on any atom is 0.508 e. The van der Waals surface area contributed by atoms with Crippen molar-refractivity contribution in [2.24, 2.45) is 71.0 Å². The number of rotatable bonds is 4. The fourth-order valence-corrected chi connectivity index (χ4v) is 10.3. The molecule has 0 radical (unpaired) electrons. The molecular weight excluding hydrogens is 496 g/mol. The number of hydrogen-bond donors (Lipinski definition) is 0. The summed E-state index contributed by atoms with van der Waals surface area (Å²) >= 11 is 0. The maximum absolute atomic E-state index is 10.9. The summed E-state index contributed by atoms with van der Waals surface area (Å²) in [4.78, 5) is 21.7. The first kappa shape index (κ1) is 29.2. The molecule has 0 spiro atoms. The highest BCUT2D eigenvalue weighted by Gasteiger charge is 2.51. The van der Waals surface area contributed by atoms with Gasteiger partial charge in [-0.2, -0.15) is 0 Å². The molecule has 2 aliphatic heterocycles. The summed E-state index contributed by atoms with van der Waals surface area (Å²) in [5, 5.41) is 0. The molecule has 7 heteroatoms. The minimum absolute atomic E-state index is 0. The van der Waals surface area contributed by atoms with Crippen molar-refractivity contribution in [3.8, 4) is 0 Å². The molecule has 0 aromatic heterocycles. The minimum Gasteiger partial charge on any atom is -0.466 e. The quantitative estimate of drug-likeness (QED) is 0.399. The largest absolute Gasteiger partial charge is 0.508 e. The van der Waals surface area contributed by atoms with E-state index < -0.39 is 6.16 Å². The number of fused-ring (bicyclic) bond motifs is 12. The molecule has 2 saturated heterocycles. The first-order valence-corrected chi connectivity index (χ1v) is 15.5. The molecule has 12 atom stereocenters. The van der Waals surface area contributed by atoms with Crippen LogP contribution in [-0.2, 0) is 28.5 Å². The summed E-state index contributed by atoms with van der Waals surface area (Å²) in [6, 6.07) is 0. The Labute approximate surface area is 235 Å². The van der Waals surface area contributed by atoms with E-state index in [1.807, 2.05) is 0 Å². The molecule has 8 fully saturated rings. The lowest BCUT2D eigenvalue weighted by Gasteiger charge is -2.29. The number of methoxy groups -OCH3 is 1. The van der Waals surface area contributed by atoms with Crippen LogP contribution in [0.1, 0.15) is 72.1 Å². The van der Waals surface area contributed by atoms with Crippen molar-refractivity contribution in [1.82, 2.24) is 0 Å². The van der Waals surface area contributed by atoms with Crippen LogP contribution in [0.15, 0.2) is 0 Å². The summed E-state index contributed by atoms with van der Waals surface area (Å²) < 4.78 is 25.9. The Hall–Kier alpha value is -1.34. The van der Waals surface area contributed by atoms with Crippen molar-refractivity contribution >= 4 is 12.1 Å². The van der Waals surface area contributed by atoms with Crippen LogP contribution in [0.2, 0.25) is 0 Å². The number of carbonyl (C=O) groups is 2. The molecule has 8 rings (SSSR count). The van der Waals surface area contributed by atoms with Crippen molar-refractivity contribution in [2.45, 2.75) is 72.1 Å². The minimum atomic E-state index is -0.464. The predicted molar refractivity (Wildman–Crippen MR) is 147 cm³/mol. The molecule has 2 heterocycles. The van der Waals surface area contributed by atoms with Gasteiger partial charge >= 0.3 is 12.1 Å². The van der Waals surface area contributed by atoms with E-state index in [1.54, 1.807) is 13.5 Å². The van der Waals surface area contributed by atoms with E-state index in [2.05, 4.69) is 0 Å². The Kier molecular flexibility index (Phi) is 9.47. The van der Waals surface area contributed by atoms with E-state index in [-0.39, 0.29) is 13.4 Å². The number of carbonyl (C=O) groups excluding carboxylic acids is 2. The molecule has 0 aromatic carbocycles. The van der Waals surface area contributed by atoms with Gasteiger partial charge in [0.1, 0.15) is 0 Å². The lowest BCUT2D eigenvalue weighted by atomic mass is 9.80. The van der Waals surface area contributed by atoms with Crippen molar-refractivity contribution in [1.29, 1.82) is 0 Å². The van der Waals surface area contributed by atoms with E-state index in [1.165, 1.54) is 58.3 Å². The van der Waals surface area contributed by atoms with E-state index in [4.69, 9.17) is 23.7 Å². The topological polar surface area (TPSA) is 80.3 Å². The number of hydrogen-bond acceptors (Lipinski definition) is 7. The summed E-state index contributed by atoms with van der Waals surface area (Å²) in [6.07, 6.45) is 12.1. The number of ether oxygens (including phenoxy) is 5. The molecule has 2 unspecified atom stereocenters. The van der Waals surface area contributed by atoms with Crippen LogP contribution >= 0.6 is 0 Å². The molecule has 222 valence electrons. The van der Waals surface area contributed by atoms with Gasteiger partial charge in [0.15, 0.2) is 0 Å². The maximum atomic E-state index is 10.9. The van der Waals surface area contributed by atoms with Crippen LogP contribution in [0.25, 0.3) is 0 Å². The fraction of sp³-hybridized carbons (Fsp3) is 0.938.